The largest absolute Gasteiger partial charge is 0.395 e. The van der Waals surface area contributed by atoms with Crippen LogP contribution < -0.4 is 5.32 Å². The molecule has 1 atom stereocenters. The Kier molecular flexibility index (Phi) is 6.47. The van der Waals surface area contributed by atoms with E-state index in [-0.39, 0.29) is 24.2 Å². The number of aromatic nitrogens is 2. The third-order valence-corrected chi connectivity index (χ3v) is 5.92. The van der Waals surface area contributed by atoms with Crippen molar-refractivity contribution in [3.63, 3.8) is 0 Å². The van der Waals surface area contributed by atoms with Crippen LogP contribution in [0.2, 0.25) is 0 Å². The Hall–Kier alpha value is -2.99. The fourth-order valence-corrected chi connectivity index (χ4v) is 4.25. The zero-order valence-corrected chi connectivity index (χ0v) is 17.7. The lowest BCUT2D eigenvalue weighted by Crippen LogP contribution is -2.33. The highest BCUT2D eigenvalue weighted by Gasteiger charge is 2.20. The van der Waals surface area contributed by atoms with E-state index in [0.29, 0.717) is 17.9 Å². The number of benzene rings is 2. The summed E-state index contributed by atoms with van der Waals surface area (Å²) in [4.78, 5) is 20.0. The van der Waals surface area contributed by atoms with Crippen LogP contribution in [0.3, 0.4) is 0 Å². The summed E-state index contributed by atoms with van der Waals surface area (Å²) >= 11 is 0. The number of carbonyl (C=O) groups excluding carboxylic acids is 1. The van der Waals surface area contributed by atoms with Crippen LogP contribution in [0.5, 0.6) is 0 Å². The normalized spacial score (nSPS) is 18.8. The van der Waals surface area contributed by atoms with Crippen molar-refractivity contribution in [2.45, 2.75) is 39.0 Å². The number of allylic oxidation sites excluding steroid dienone is 2. The van der Waals surface area contributed by atoms with Crippen molar-refractivity contribution < 1.29 is 14.3 Å². The van der Waals surface area contributed by atoms with Gasteiger partial charge in [0.1, 0.15) is 11.6 Å². The van der Waals surface area contributed by atoms with Gasteiger partial charge in [-0.25, -0.2) is 9.37 Å². The summed E-state index contributed by atoms with van der Waals surface area (Å²) < 4.78 is 14.7. The second-order valence-electron chi connectivity index (χ2n) is 8.21. The highest BCUT2D eigenvalue weighted by Crippen LogP contribution is 2.32. The van der Waals surface area contributed by atoms with Gasteiger partial charge >= 0.3 is 0 Å². The van der Waals surface area contributed by atoms with Crippen LogP contribution in [0, 0.1) is 18.7 Å². The highest BCUT2D eigenvalue weighted by atomic mass is 19.1. The predicted octanol–water partition coefficient (Wildman–Crippen LogP) is 4.75. The lowest BCUT2D eigenvalue weighted by Gasteiger charge is -2.19. The number of H-pyrrole nitrogens is 1. The Labute approximate surface area is 181 Å². The number of carbonyl (C=O) groups is 1. The number of rotatable bonds is 5. The van der Waals surface area contributed by atoms with Gasteiger partial charge in [-0.2, -0.15) is 0 Å². The summed E-state index contributed by atoms with van der Waals surface area (Å²) in [6, 6.07) is 11.2. The minimum Gasteiger partial charge on any atom is -0.395 e. The molecule has 0 spiro atoms. The predicted molar refractivity (Wildman–Crippen MR) is 121 cm³/mol. The molecular weight excluding hydrogens is 393 g/mol. The van der Waals surface area contributed by atoms with E-state index in [4.69, 9.17) is 5.11 Å². The number of imidazole rings is 1. The molecule has 0 aliphatic heterocycles. The van der Waals surface area contributed by atoms with Crippen LogP contribution >= 0.6 is 0 Å². The number of aryl methyl sites for hydroxylation is 1. The smallest absolute Gasteiger partial charge is 0.223 e. The zero-order chi connectivity index (χ0) is 21.8. The zero-order valence-electron chi connectivity index (χ0n) is 17.7. The van der Waals surface area contributed by atoms with Crippen molar-refractivity contribution in [1.29, 1.82) is 0 Å². The van der Waals surface area contributed by atoms with Crippen LogP contribution in [0.25, 0.3) is 28.0 Å². The molecule has 31 heavy (non-hydrogen) atoms. The highest BCUT2D eigenvalue weighted by molar-refractivity contribution is 5.81. The summed E-state index contributed by atoms with van der Waals surface area (Å²) in [5.41, 5.74) is 5.49. The van der Waals surface area contributed by atoms with Crippen molar-refractivity contribution in [3.8, 4) is 11.4 Å². The first-order valence-electron chi connectivity index (χ1n) is 10.9. The average molecular weight is 422 g/mol. The molecule has 1 amide bonds. The maximum absolute atomic E-state index is 14.7. The van der Waals surface area contributed by atoms with Gasteiger partial charge in [0.25, 0.3) is 0 Å². The van der Waals surface area contributed by atoms with Crippen molar-refractivity contribution in [2.24, 2.45) is 5.92 Å². The van der Waals surface area contributed by atoms with Crippen molar-refractivity contribution in [1.82, 2.24) is 15.3 Å². The Balaban J connectivity index is 1.55. The number of hydrogen-bond acceptors (Lipinski definition) is 3. The molecule has 0 radical (unpaired) electrons. The van der Waals surface area contributed by atoms with Crippen LogP contribution in [0.4, 0.5) is 4.39 Å². The summed E-state index contributed by atoms with van der Waals surface area (Å²) in [5.74, 6) is 0.237. The van der Waals surface area contributed by atoms with Gasteiger partial charge in [-0.05, 0) is 80.0 Å². The Bertz CT molecular complexity index is 1120. The number of hydrogen-bond donors (Lipinski definition) is 3. The van der Waals surface area contributed by atoms with E-state index in [1.54, 1.807) is 0 Å². The Morgan fingerprint density at radius 1 is 1.26 bits per heavy atom. The SMILES string of the molecule is Cc1ccc2nc(-c3cc(/C4=C\CCC(C(=O)NCCO)CCC4)ccc3F)[nH]c2c1. The molecule has 5 nitrogen and oxygen atoms in total. The molecule has 0 saturated heterocycles. The van der Waals surface area contributed by atoms with Gasteiger partial charge < -0.3 is 15.4 Å². The van der Waals surface area contributed by atoms with E-state index in [0.717, 1.165) is 54.3 Å². The van der Waals surface area contributed by atoms with E-state index in [1.807, 2.05) is 37.3 Å². The van der Waals surface area contributed by atoms with E-state index in [1.165, 1.54) is 11.6 Å². The van der Waals surface area contributed by atoms with Crippen LogP contribution in [0.1, 0.15) is 43.2 Å². The maximum atomic E-state index is 14.7. The molecule has 0 bridgehead atoms. The molecule has 1 aromatic heterocycles. The second kappa shape index (κ2) is 9.43. The molecule has 0 saturated carbocycles. The molecule has 3 aromatic rings. The molecule has 3 N–H and O–H groups in total. The number of halogens is 1. The average Bonchev–Trinajstić information content (AvgIpc) is 3.15. The van der Waals surface area contributed by atoms with Gasteiger partial charge in [0.15, 0.2) is 0 Å². The summed E-state index contributed by atoms with van der Waals surface area (Å²) in [7, 11) is 0. The van der Waals surface area contributed by atoms with Gasteiger partial charge in [-0.1, -0.05) is 18.2 Å². The second-order valence-corrected chi connectivity index (χ2v) is 8.21. The molecule has 2 aromatic carbocycles. The van der Waals surface area contributed by atoms with Gasteiger partial charge in [0.2, 0.25) is 5.91 Å². The minimum atomic E-state index is -0.299. The minimum absolute atomic E-state index is 0.0212. The Morgan fingerprint density at radius 3 is 2.97 bits per heavy atom. The van der Waals surface area contributed by atoms with Gasteiger partial charge in [0, 0.05) is 12.5 Å². The first-order valence-corrected chi connectivity index (χ1v) is 10.9. The third-order valence-electron chi connectivity index (χ3n) is 5.92. The summed E-state index contributed by atoms with van der Waals surface area (Å²) in [5, 5.41) is 11.7. The van der Waals surface area contributed by atoms with Gasteiger partial charge in [-0.3, -0.25) is 4.79 Å². The molecule has 6 heteroatoms. The number of aliphatic hydroxyl groups is 1. The summed E-state index contributed by atoms with van der Waals surface area (Å²) in [6.07, 6.45) is 6.28. The quantitative estimate of drug-likeness (QED) is 0.556. The molecule has 1 aliphatic rings. The number of amides is 1. The first kappa shape index (κ1) is 21.2. The molecule has 1 unspecified atom stereocenters. The first-order chi connectivity index (χ1) is 15.0. The molecule has 0 fully saturated rings. The molecular formula is C25H28FN3O2. The molecule has 4 rings (SSSR count). The number of fused-ring (bicyclic) bond motifs is 1. The lowest BCUT2D eigenvalue weighted by atomic mass is 9.88. The molecule has 162 valence electrons. The standard InChI is InChI=1S/C25H28FN3O2/c1-16-8-11-22-23(14-16)29-24(28-22)20-15-19(9-10-21(20)26)17-4-2-6-18(7-3-5-17)25(31)27-12-13-30/h4,8-11,14-15,18,30H,2-3,5-7,12-13H2,1H3,(H,27,31)(H,28,29)/b17-4-. The van der Waals surface area contributed by atoms with Gasteiger partial charge in [-0.15, -0.1) is 0 Å². The fourth-order valence-electron chi connectivity index (χ4n) is 4.25. The third kappa shape index (κ3) is 4.85. The van der Waals surface area contributed by atoms with Crippen LogP contribution in [0.15, 0.2) is 42.5 Å². The van der Waals surface area contributed by atoms with Crippen molar-refractivity contribution in [3.05, 3.63) is 59.4 Å². The van der Waals surface area contributed by atoms with Crippen molar-refractivity contribution in [2.75, 3.05) is 13.2 Å². The molecule has 1 aliphatic carbocycles. The van der Waals surface area contributed by atoms with E-state index in [2.05, 4.69) is 21.4 Å². The summed E-state index contributed by atoms with van der Waals surface area (Å²) in [6.45, 7) is 2.28. The van der Waals surface area contributed by atoms with E-state index >= 15 is 0 Å². The number of aliphatic hydroxyl groups excluding tert-OH is 1. The number of nitrogens with one attached hydrogen (secondary N) is 2. The monoisotopic (exact) mass is 421 g/mol. The fraction of sp³-hybridized carbons (Fsp3) is 0.360. The number of aromatic amines is 1. The molecule has 1 heterocycles. The van der Waals surface area contributed by atoms with Crippen molar-refractivity contribution >= 4 is 22.5 Å². The lowest BCUT2D eigenvalue weighted by molar-refractivity contribution is -0.125. The van der Waals surface area contributed by atoms with Crippen LogP contribution in [-0.2, 0) is 4.79 Å². The van der Waals surface area contributed by atoms with Gasteiger partial charge in [0.05, 0.1) is 23.2 Å². The van der Waals surface area contributed by atoms with E-state index in [9.17, 15) is 9.18 Å². The maximum Gasteiger partial charge on any atom is 0.223 e. The van der Waals surface area contributed by atoms with E-state index < -0.39 is 0 Å². The number of nitrogens with zero attached hydrogens (tertiary/aromatic N) is 1. The topological polar surface area (TPSA) is 78.0 Å². The Morgan fingerprint density at radius 2 is 2.13 bits per heavy atom. The van der Waals surface area contributed by atoms with Crippen LogP contribution in [-0.4, -0.2) is 34.1 Å².